The zero-order valence-electron chi connectivity index (χ0n) is 18.9. The van der Waals surface area contributed by atoms with Crippen LogP contribution in [0.25, 0.3) is 6.08 Å². The minimum Gasteiger partial charge on any atom is -0.338 e. The van der Waals surface area contributed by atoms with Crippen molar-refractivity contribution in [1.29, 1.82) is 0 Å². The van der Waals surface area contributed by atoms with Crippen molar-refractivity contribution < 1.29 is 14.8 Å². The zero-order chi connectivity index (χ0) is 23.8. The molecular weight excluding hydrogens is 416 g/mol. The van der Waals surface area contributed by atoms with Gasteiger partial charge in [0.2, 0.25) is 0 Å². The summed E-state index contributed by atoms with van der Waals surface area (Å²) in [5.74, 6) is 4.77. The molecule has 1 saturated carbocycles. The van der Waals surface area contributed by atoms with Crippen molar-refractivity contribution in [2.24, 2.45) is 5.73 Å². The van der Waals surface area contributed by atoms with Gasteiger partial charge in [-0.25, -0.2) is 5.48 Å². The van der Waals surface area contributed by atoms with Gasteiger partial charge in [-0.3, -0.25) is 14.8 Å². The third-order valence-electron chi connectivity index (χ3n) is 5.27. The summed E-state index contributed by atoms with van der Waals surface area (Å²) < 4.78 is 0. The molecule has 0 saturated heterocycles. The summed E-state index contributed by atoms with van der Waals surface area (Å²) in [4.78, 5) is 24.3. The number of carbonyl (C=O) groups is 2. The lowest BCUT2D eigenvalue weighted by Gasteiger charge is -2.29. The number of nitrogens with one attached hydrogen (secondary N) is 3. The number of carbonyl (C=O) groups excluding carboxylic acids is 2. The monoisotopic (exact) mass is 446 g/mol. The third-order valence-corrected chi connectivity index (χ3v) is 5.27. The van der Waals surface area contributed by atoms with Gasteiger partial charge in [-0.15, -0.1) is 0 Å². The van der Waals surface area contributed by atoms with E-state index in [2.05, 4.69) is 46.7 Å². The lowest BCUT2D eigenvalue weighted by atomic mass is 9.95. The van der Waals surface area contributed by atoms with Gasteiger partial charge in [-0.1, -0.05) is 36.1 Å². The van der Waals surface area contributed by atoms with Crippen LogP contribution in [0.2, 0.25) is 0 Å². The Balaban J connectivity index is 1.55. The Hall–Kier alpha value is -3.44. The maximum absolute atomic E-state index is 12.5. The van der Waals surface area contributed by atoms with Crippen molar-refractivity contribution in [3.05, 3.63) is 76.9 Å². The minimum absolute atomic E-state index is 0.354. The summed E-state index contributed by atoms with van der Waals surface area (Å²) in [6, 6.07) is 14.7. The van der Waals surface area contributed by atoms with Crippen LogP contribution in [-0.4, -0.2) is 34.6 Å². The fraction of sp³-hybridized carbons (Fsp3) is 0.308. The molecule has 1 aliphatic rings. The number of amides is 2. The highest BCUT2D eigenvalue weighted by molar-refractivity contribution is 5.97. The van der Waals surface area contributed by atoms with Crippen LogP contribution in [-0.2, 0) is 11.3 Å². The first kappa shape index (κ1) is 24.2. The summed E-state index contributed by atoms with van der Waals surface area (Å²) in [7, 11) is 0. The molecule has 2 aromatic rings. The molecule has 0 heterocycles. The molecule has 1 aliphatic carbocycles. The van der Waals surface area contributed by atoms with E-state index in [9.17, 15) is 9.59 Å². The highest BCUT2D eigenvalue weighted by Gasteiger charge is 2.33. The van der Waals surface area contributed by atoms with Crippen molar-refractivity contribution in [3.8, 4) is 11.8 Å². The fourth-order valence-electron chi connectivity index (χ4n) is 3.13. The lowest BCUT2D eigenvalue weighted by Crippen LogP contribution is -2.61. The Kier molecular flexibility index (Phi) is 8.01. The normalized spacial score (nSPS) is 14.3. The summed E-state index contributed by atoms with van der Waals surface area (Å²) in [6.45, 7) is 4.07. The van der Waals surface area contributed by atoms with E-state index in [4.69, 9.17) is 10.9 Å². The summed E-state index contributed by atoms with van der Waals surface area (Å²) in [5.41, 5.74) is 9.86. The molecule has 1 unspecified atom stereocenters. The number of nitrogens with two attached hydrogens (primary N) is 1. The maximum Gasteiger partial charge on any atom is 0.267 e. The molecule has 0 radical (unpaired) electrons. The molecule has 2 amide bonds. The quantitative estimate of drug-likeness (QED) is 0.242. The van der Waals surface area contributed by atoms with E-state index in [-0.39, 0.29) is 0 Å². The Morgan fingerprint density at radius 1 is 1.15 bits per heavy atom. The average Bonchev–Trinajstić information content (AvgIpc) is 3.63. The first-order valence-corrected chi connectivity index (χ1v) is 10.9. The number of rotatable bonds is 8. The predicted octanol–water partition coefficient (Wildman–Crippen LogP) is 2.34. The number of benzene rings is 2. The second-order valence-corrected chi connectivity index (χ2v) is 8.78. The molecule has 0 aliphatic heterocycles. The van der Waals surface area contributed by atoms with E-state index >= 15 is 0 Å². The van der Waals surface area contributed by atoms with E-state index in [0.717, 1.165) is 17.7 Å². The highest BCUT2D eigenvalue weighted by atomic mass is 16.5. The molecule has 1 fully saturated rings. The molecule has 7 heteroatoms. The van der Waals surface area contributed by atoms with Crippen molar-refractivity contribution >= 4 is 17.9 Å². The van der Waals surface area contributed by atoms with Crippen LogP contribution in [0, 0.1) is 11.8 Å². The van der Waals surface area contributed by atoms with Gasteiger partial charge in [0.25, 0.3) is 11.8 Å². The number of allylic oxidation sites excluding steroid dienone is 1. The van der Waals surface area contributed by atoms with E-state index in [1.807, 2.05) is 6.08 Å². The van der Waals surface area contributed by atoms with Crippen molar-refractivity contribution in [2.75, 3.05) is 0 Å². The van der Waals surface area contributed by atoms with Gasteiger partial charge < -0.3 is 16.4 Å². The number of hydrogen-bond donors (Lipinski definition) is 5. The first-order valence-electron chi connectivity index (χ1n) is 10.9. The van der Waals surface area contributed by atoms with Crippen LogP contribution >= 0.6 is 0 Å². The van der Waals surface area contributed by atoms with Crippen molar-refractivity contribution in [3.63, 3.8) is 0 Å². The Morgan fingerprint density at radius 3 is 2.39 bits per heavy atom. The molecule has 0 spiro atoms. The van der Waals surface area contributed by atoms with E-state index < -0.39 is 23.4 Å². The molecular formula is C26H30N4O3. The van der Waals surface area contributed by atoms with Crippen LogP contribution in [0.3, 0.4) is 0 Å². The van der Waals surface area contributed by atoms with Crippen LogP contribution in [0.4, 0.5) is 0 Å². The molecule has 1 atom stereocenters. The van der Waals surface area contributed by atoms with Crippen molar-refractivity contribution in [1.82, 2.24) is 16.1 Å². The van der Waals surface area contributed by atoms with E-state index in [1.165, 1.54) is 23.9 Å². The predicted molar refractivity (Wildman–Crippen MR) is 128 cm³/mol. The average molecular weight is 447 g/mol. The number of hydroxylamine groups is 1. The zero-order valence-corrected chi connectivity index (χ0v) is 18.9. The topological polar surface area (TPSA) is 116 Å². The first-order chi connectivity index (χ1) is 15.8. The van der Waals surface area contributed by atoms with E-state index in [1.54, 1.807) is 44.2 Å². The Labute approximate surface area is 194 Å². The van der Waals surface area contributed by atoms with Crippen LogP contribution in [0.15, 0.2) is 54.6 Å². The third kappa shape index (κ3) is 7.58. The summed E-state index contributed by atoms with van der Waals surface area (Å²) in [5, 5.41) is 14.9. The second-order valence-electron chi connectivity index (χ2n) is 8.78. The molecule has 33 heavy (non-hydrogen) atoms. The largest absolute Gasteiger partial charge is 0.338 e. The molecule has 172 valence electrons. The molecule has 6 N–H and O–H groups in total. The Morgan fingerprint density at radius 2 is 1.82 bits per heavy atom. The van der Waals surface area contributed by atoms with Gasteiger partial charge >= 0.3 is 0 Å². The maximum atomic E-state index is 12.5. The lowest BCUT2D eigenvalue weighted by molar-refractivity contribution is -0.132. The highest BCUT2D eigenvalue weighted by Crippen LogP contribution is 2.19. The smallest absolute Gasteiger partial charge is 0.267 e. The molecule has 0 aromatic heterocycles. The van der Waals surface area contributed by atoms with Gasteiger partial charge in [-0.05, 0) is 74.2 Å². The summed E-state index contributed by atoms with van der Waals surface area (Å²) in [6.07, 6.45) is 6.31. The van der Waals surface area contributed by atoms with Gasteiger partial charge in [0.05, 0.1) is 0 Å². The van der Waals surface area contributed by atoms with Gasteiger partial charge in [0.1, 0.15) is 6.04 Å². The van der Waals surface area contributed by atoms with Crippen LogP contribution in [0.5, 0.6) is 0 Å². The van der Waals surface area contributed by atoms with Crippen molar-refractivity contribution in [2.45, 2.75) is 50.9 Å². The number of hydrogen-bond acceptors (Lipinski definition) is 5. The van der Waals surface area contributed by atoms with Gasteiger partial charge in [0.15, 0.2) is 0 Å². The van der Waals surface area contributed by atoms with Gasteiger partial charge in [-0.2, -0.15) is 0 Å². The SMILES string of the molecule is CC(C)(N)C(NC(=O)c1ccc(C#C/C=C/c2ccc(CNC3CC3)cc2)cc1)C(=O)NO. The molecule has 7 nitrogen and oxygen atoms in total. The van der Waals surface area contributed by atoms with Gasteiger partial charge in [0, 0.05) is 29.3 Å². The van der Waals surface area contributed by atoms with E-state index in [0.29, 0.717) is 11.6 Å². The molecule has 3 rings (SSSR count). The minimum atomic E-state index is -1.09. The summed E-state index contributed by atoms with van der Waals surface area (Å²) >= 11 is 0. The fourth-order valence-corrected chi connectivity index (χ4v) is 3.13. The molecule has 0 bridgehead atoms. The van der Waals surface area contributed by atoms with Crippen LogP contribution in [0.1, 0.15) is 53.7 Å². The van der Waals surface area contributed by atoms with Crippen LogP contribution < -0.4 is 21.8 Å². The standard InChI is InChI=1S/C26H30N4O3/c1-26(2,27)23(25(32)30-33)29-24(31)21-13-11-19(12-14-21)6-4-3-5-18-7-9-20(10-8-18)17-28-22-15-16-22/h3,5,7-14,22-23,28,33H,15-17,27H2,1-2H3,(H,29,31)(H,30,32)/b5-3+. The second kappa shape index (κ2) is 10.9. The molecule has 2 aromatic carbocycles. The Bertz CT molecular complexity index is 1050.